The van der Waals surface area contributed by atoms with Crippen LogP contribution in [0.5, 0.6) is 0 Å². The molecule has 0 bridgehead atoms. The summed E-state index contributed by atoms with van der Waals surface area (Å²) in [4.78, 5) is 67.8. The smallest absolute Gasteiger partial charge is 0.356 e. The van der Waals surface area contributed by atoms with Crippen LogP contribution in [0.2, 0.25) is 10.0 Å². The molecule has 7 rings (SSSR count). The molecular formula is C38H33Cl2N11O5. The molecule has 0 aliphatic rings. The molecule has 0 atom stereocenters. The van der Waals surface area contributed by atoms with Crippen molar-refractivity contribution in [1.29, 1.82) is 0 Å². The standard InChI is InChI=1S/C23H22ClN7O2.C15H11ClN4O3/c1-12-5-20(25)29-13(2)17(12)9-28-23(33)19-11-31(22(30-19)21(26)32)10-14-3-4-18-15(6-14)7-16(24)8-27-18;16-10-4-9-3-8(1-2-11(9)18-5-10)6-20-7-12(15(22)23)19-14(20)13(17)21/h3-8,11H,9-10H2,1-2H3,(H2,25,29)(H2,26,32)(H,28,33);1-5,7H,6H2,(H2,17,21)(H,22,23). The summed E-state index contributed by atoms with van der Waals surface area (Å²) in [5.74, 6) is -2.85. The maximum atomic E-state index is 12.8. The first-order chi connectivity index (χ1) is 26.6. The van der Waals surface area contributed by atoms with Gasteiger partial charge in [0.05, 0.1) is 21.1 Å². The van der Waals surface area contributed by atoms with E-state index in [2.05, 4.69) is 30.2 Å². The first kappa shape index (κ1) is 38.8. The summed E-state index contributed by atoms with van der Waals surface area (Å²) in [7, 11) is 0. The summed E-state index contributed by atoms with van der Waals surface area (Å²) in [6.07, 6.45) is 5.93. The van der Waals surface area contributed by atoms with E-state index < -0.39 is 23.7 Å². The van der Waals surface area contributed by atoms with Gasteiger partial charge in [-0.1, -0.05) is 35.3 Å². The van der Waals surface area contributed by atoms with Gasteiger partial charge in [-0.2, -0.15) is 0 Å². The minimum absolute atomic E-state index is 0.00835. The van der Waals surface area contributed by atoms with Gasteiger partial charge in [-0.3, -0.25) is 24.4 Å². The van der Waals surface area contributed by atoms with Crippen LogP contribution < -0.4 is 22.5 Å². The van der Waals surface area contributed by atoms with Crippen LogP contribution in [0.15, 0.2) is 79.4 Å². The van der Waals surface area contributed by atoms with Crippen LogP contribution in [0.4, 0.5) is 5.82 Å². The van der Waals surface area contributed by atoms with Crippen LogP contribution in [0.1, 0.15) is 70.2 Å². The number of aryl methyl sites for hydroxylation is 2. The number of hydrogen-bond donors (Lipinski definition) is 5. The van der Waals surface area contributed by atoms with Crippen molar-refractivity contribution < 1.29 is 24.3 Å². The lowest BCUT2D eigenvalue weighted by Crippen LogP contribution is -2.24. The molecule has 0 unspecified atom stereocenters. The second kappa shape index (κ2) is 16.2. The molecule has 0 saturated heterocycles. The first-order valence-corrected chi connectivity index (χ1v) is 17.5. The summed E-state index contributed by atoms with van der Waals surface area (Å²) in [5, 5.41) is 14.6. The number of benzene rings is 2. The lowest BCUT2D eigenvalue weighted by molar-refractivity contribution is 0.0690. The minimum atomic E-state index is -1.22. The topological polar surface area (TPSA) is 253 Å². The van der Waals surface area contributed by atoms with E-state index in [9.17, 15) is 19.2 Å². The largest absolute Gasteiger partial charge is 0.476 e. The van der Waals surface area contributed by atoms with E-state index in [1.807, 2.05) is 56.3 Å². The zero-order chi connectivity index (χ0) is 40.3. The average molecular weight is 795 g/mol. The van der Waals surface area contributed by atoms with Crippen LogP contribution in [0.25, 0.3) is 21.8 Å². The Morgan fingerprint density at radius 3 is 1.71 bits per heavy atom. The van der Waals surface area contributed by atoms with E-state index in [1.54, 1.807) is 29.1 Å². The van der Waals surface area contributed by atoms with Crippen LogP contribution in [0, 0.1) is 13.8 Å². The van der Waals surface area contributed by atoms with Gasteiger partial charge in [0.1, 0.15) is 11.5 Å². The zero-order valence-electron chi connectivity index (χ0n) is 29.8. The average Bonchev–Trinajstić information content (AvgIpc) is 3.76. The Morgan fingerprint density at radius 2 is 1.23 bits per heavy atom. The number of anilines is 1. The molecule has 0 aliphatic heterocycles. The van der Waals surface area contributed by atoms with Crippen LogP contribution in [-0.4, -0.2) is 62.9 Å². The molecule has 8 N–H and O–H groups in total. The Balaban J connectivity index is 0.000000202. The molecule has 0 saturated carbocycles. The Hall–Kier alpha value is -6.91. The number of carboxylic acids is 1. The van der Waals surface area contributed by atoms with E-state index in [0.717, 1.165) is 49.8 Å². The molecule has 0 spiro atoms. The number of amides is 3. The predicted molar refractivity (Wildman–Crippen MR) is 209 cm³/mol. The Kier molecular flexibility index (Phi) is 11.2. The van der Waals surface area contributed by atoms with Crippen molar-refractivity contribution in [3.63, 3.8) is 0 Å². The number of carboxylic acid groups (broad SMARTS) is 1. The van der Waals surface area contributed by atoms with Gasteiger partial charge >= 0.3 is 5.97 Å². The third-order valence-electron chi connectivity index (χ3n) is 8.58. The maximum absolute atomic E-state index is 12.8. The zero-order valence-corrected chi connectivity index (χ0v) is 31.3. The number of nitrogens with zero attached hydrogens (tertiary/aromatic N) is 7. The molecule has 0 fully saturated rings. The minimum Gasteiger partial charge on any atom is -0.476 e. The van der Waals surface area contributed by atoms with Crippen molar-refractivity contribution >= 4 is 74.5 Å². The third kappa shape index (κ3) is 8.89. The lowest BCUT2D eigenvalue weighted by atomic mass is 10.1. The molecule has 284 valence electrons. The Labute approximate surface area is 328 Å². The number of fused-ring (bicyclic) bond motifs is 2. The Bertz CT molecular complexity index is 2670. The van der Waals surface area contributed by atoms with Gasteiger partial charge in [-0.15, -0.1) is 0 Å². The van der Waals surface area contributed by atoms with Gasteiger partial charge in [0.25, 0.3) is 17.7 Å². The normalized spacial score (nSPS) is 10.9. The number of nitrogens with two attached hydrogens (primary N) is 3. The van der Waals surface area contributed by atoms with E-state index in [-0.39, 0.29) is 36.1 Å². The van der Waals surface area contributed by atoms with Crippen molar-refractivity contribution in [2.75, 3.05) is 5.73 Å². The second-order valence-electron chi connectivity index (χ2n) is 12.7. The highest BCUT2D eigenvalue weighted by atomic mass is 35.5. The van der Waals surface area contributed by atoms with Crippen molar-refractivity contribution in [3.05, 3.63) is 140 Å². The predicted octanol–water partition coefficient (Wildman–Crippen LogP) is 4.69. The molecule has 0 radical (unpaired) electrons. The molecular weight excluding hydrogens is 761 g/mol. The monoisotopic (exact) mass is 793 g/mol. The highest BCUT2D eigenvalue weighted by Gasteiger charge is 2.20. The van der Waals surface area contributed by atoms with Gasteiger partial charge in [-0.25, -0.2) is 19.7 Å². The summed E-state index contributed by atoms with van der Waals surface area (Å²) in [6, 6.07) is 16.5. The number of carbonyl (C=O) groups excluding carboxylic acids is 3. The highest BCUT2D eigenvalue weighted by molar-refractivity contribution is 6.31. The number of hydrogen-bond acceptors (Lipinski definition) is 10. The summed E-state index contributed by atoms with van der Waals surface area (Å²) in [6.45, 7) is 4.53. The maximum Gasteiger partial charge on any atom is 0.356 e. The molecule has 5 aromatic heterocycles. The molecule has 16 nitrogen and oxygen atoms in total. The first-order valence-electron chi connectivity index (χ1n) is 16.7. The third-order valence-corrected chi connectivity index (χ3v) is 8.99. The molecule has 5 heterocycles. The SMILES string of the molecule is Cc1cc(N)nc(C)c1CNC(=O)c1cn(Cc2ccc3ncc(Cl)cc3c2)c(C(N)=O)n1.NC(=O)c1nc(C(=O)O)cn1Cc1ccc2ncc(Cl)cc2c1. The molecule has 7 aromatic rings. The van der Waals surface area contributed by atoms with E-state index in [1.165, 1.54) is 17.0 Å². The van der Waals surface area contributed by atoms with Crippen LogP contribution >= 0.6 is 23.2 Å². The number of aromatic nitrogens is 7. The van der Waals surface area contributed by atoms with Crippen LogP contribution in [0.3, 0.4) is 0 Å². The lowest BCUT2D eigenvalue weighted by Gasteiger charge is -2.10. The fraction of sp³-hybridized carbons (Fsp3) is 0.132. The fourth-order valence-corrected chi connectivity index (χ4v) is 6.32. The molecule has 18 heteroatoms. The van der Waals surface area contributed by atoms with Gasteiger partial charge in [-0.05, 0) is 78.6 Å². The van der Waals surface area contributed by atoms with Crippen molar-refractivity contribution in [2.45, 2.75) is 33.5 Å². The molecule has 56 heavy (non-hydrogen) atoms. The number of aromatic carboxylic acids is 1. The second-order valence-corrected chi connectivity index (χ2v) is 13.5. The summed E-state index contributed by atoms with van der Waals surface area (Å²) in [5.41, 5.74) is 22.2. The molecule has 0 aliphatic carbocycles. The number of carbonyl (C=O) groups is 4. The number of nitrogens with one attached hydrogen (secondary N) is 1. The summed E-state index contributed by atoms with van der Waals surface area (Å²) >= 11 is 12.0. The number of halogens is 2. The Morgan fingerprint density at radius 1 is 0.732 bits per heavy atom. The van der Waals surface area contributed by atoms with Gasteiger partial charge in [0, 0.05) is 60.9 Å². The highest BCUT2D eigenvalue weighted by Crippen LogP contribution is 2.21. The number of rotatable bonds is 10. The molecule has 2 aromatic carbocycles. The van der Waals surface area contributed by atoms with Gasteiger partial charge in [0.15, 0.2) is 17.3 Å². The van der Waals surface area contributed by atoms with Gasteiger partial charge < -0.3 is 36.8 Å². The number of primary amides is 2. The summed E-state index contributed by atoms with van der Waals surface area (Å²) < 4.78 is 2.96. The van der Waals surface area contributed by atoms with Crippen molar-refractivity contribution in [3.8, 4) is 0 Å². The van der Waals surface area contributed by atoms with E-state index in [0.29, 0.717) is 22.4 Å². The van der Waals surface area contributed by atoms with Crippen molar-refractivity contribution in [1.82, 2.24) is 39.4 Å². The van der Waals surface area contributed by atoms with Crippen LogP contribution in [-0.2, 0) is 19.6 Å². The number of imidazole rings is 2. The number of pyridine rings is 3. The quantitative estimate of drug-likeness (QED) is 0.127. The fourth-order valence-electron chi connectivity index (χ4n) is 5.99. The van der Waals surface area contributed by atoms with E-state index in [4.69, 9.17) is 45.5 Å². The van der Waals surface area contributed by atoms with Gasteiger partial charge in [0.2, 0.25) is 0 Å². The number of nitrogen functional groups attached to an aromatic ring is 1. The molecule has 3 amide bonds. The van der Waals surface area contributed by atoms with Crippen molar-refractivity contribution in [2.24, 2.45) is 11.5 Å². The van der Waals surface area contributed by atoms with E-state index >= 15 is 0 Å².